The van der Waals surface area contributed by atoms with Crippen LogP contribution in [0.2, 0.25) is 5.02 Å². The van der Waals surface area contributed by atoms with E-state index in [2.05, 4.69) is 11.0 Å². The van der Waals surface area contributed by atoms with E-state index < -0.39 is 0 Å². The van der Waals surface area contributed by atoms with E-state index in [4.69, 9.17) is 16.0 Å². The molecule has 0 atom stereocenters. The number of anilines is 1. The Labute approximate surface area is 162 Å². The first kappa shape index (κ1) is 17.9. The van der Waals surface area contributed by atoms with Gasteiger partial charge in [-0.1, -0.05) is 17.7 Å². The van der Waals surface area contributed by atoms with Crippen molar-refractivity contribution in [2.24, 2.45) is 0 Å². The number of aromatic hydroxyl groups is 1. The van der Waals surface area contributed by atoms with Crippen molar-refractivity contribution < 1.29 is 14.4 Å². The molecule has 0 bridgehead atoms. The number of phenolic OH excluding ortho intramolecular Hbond substituents is 1. The van der Waals surface area contributed by atoms with Crippen LogP contribution in [0.15, 0.2) is 51.7 Å². The summed E-state index contributed by atoms with van der Waals surface area (Å²) in [6.45, 7) is 6.27. The molecule has 2 heterocycles. The van der Waals surface area contributed by atoms with Gasteiger partial charge in [-0.05, 0) is 42.8 Å². The number of piperazine rings is 1. The van der Waals surface area contributed by atoms with E-state index in [9.17, 15) is 9.90 Å². The Kier molecular flexibility index (Phi) is 4.81. The topological polar surface area (TPSA) is 58.1 Å². The Morgan fingerprint density at radius 1 is 1.19 bits per heavy atom. The fraction of sp³-hybridized carbons (Fsp3) is 0.286. The van der Waals surface area contributed by atoms with Gasteiger partial charge in [0.2, 0.25) is 0 Å². The largest absolute Gasteiger partial charge is 0.507 e. The van der Waals surface area contributed by atoms with Crippen LogP contribution in [0, 0.1) is 6.92 Å². The monoisotopic (exact) mass is 385 g/mol. The van der Waals surface area contributed by atoms with Crippen molar-refractivity contribution in [2.45, 2.75) is 13.5 Å². The van der Waals surface area contributed by atoms with Crippen molar-refractivity contribution in [1.29, 1.82) is 0 Å². The van der Waals surface area contributed by atoms with Crippen molar-refractivity contribution in [3.8, 4) is 5.75 Å². The quantitative estimate of drug-likeness (QED) is 0.680. The molecule has 5 nitrogen and oxygen atoms in total. The van der Waals surface area contributed by atoms with Gasteiger partial charge in [0.15, 0.2) is 0 Å². The van der Waals surface area contributed by atoms with Crippen molar-refractivity contribution in [3.05, 3.63) is 69.0 Å². The second-order valence-corrected chi connectivity index (χ2v) is 7.58. The van der Waals surface area contributed by atoms with Crippen LogP contribution in [0.1, 0.15) is 11.1 Å². The molecule has 4 rings (SSSR count). The SMILES string of the molecule is Cc1cc(O)c2c(C[NH+]3CCN(c4cccc(Cl)c4)CC3)cc(=O)oc2c1. The van der Waals surface area contributed by atoms with E-state index in [-0.39, 0.29) is 11.4 Å². The molecule has 0 unspecified atom stereocenters. The zero-order valence-electron chi connectivity index (χ0n) is 15.2. The van der Waals surface area contributed by atoms with Crippen molar-refractivity contribution in [3.63, 3.8) is 0 Å². The lowest BCUT2D eigenvalue weighted by Crippen LogP contribution is -3.13. The summed E-state index contributed by atoms with van der Waals surface area (Å²) in [5, 5.41) is 11.8. The maximum absolute atomic E-state index is 12.0. The molecule has 2 N–H and O–H groups in total. The number of nitrogens with zero attached hydrogens (tertiary/aromatic N) is 1. The van der Waals surface area contributed by atoms with Gasteiger partial charge in [-0.25, -0.2) is 4.79 Å². The molecule has 1 aliphatic rings. The summed E-state index contributed by atoms with van der Waals surface area (Å²) in [5.41, 5.74) is 2.92. The molecule has 6 heteroatoms. The summed E-state index contributed by atoms with van der Waals surface area (Å²) >= 11 is 6.10. The highest BCUT2D eigenvalue weighted by Gasteiger charge is 2.22. The third-order valence-electron chi connectivity index (χ3n) is 5.13. The van der Waals surface area contributed by atoms with E-state index in [1.165, 1.54) is 11.0 Å². The van der Waals surface area contributed by atoms with E-state index in [0.29, 0.717) is 17.5 Å². The highest BCUT2D eigenvalue weighted by molar-refractivity contribution is 6.30. The molecule has 2 aromatic carbocycles. The maximum Gasteiger partial charge on any atom is 0.336 e. The van der Waals surface area contributed by atoms with Gasteiger partial charge in [-0.2, -0.15) is 0 Å². The normalized spacial score (nSPS) is 15.4. The molecule has 140 valence electrons. The third kappa shape index (κ3) is 3.80. The average molecular weight is 386 g/mol. The number of benzene rings is 2. The van der Waals surface area contributed by atoms with Gasteiger partial charge in [-0.3, -0.25) is 0 Å². The molecule has 1 fully saturated rings. The van der Waals surface area contributed by atoms with Crippen molar-refractivity contribution in [1.82, 2.24) is 0 Å². The summed E-state index contributed by atoms with van der Waals surface area (Å²) in [7, 11) is 0. The summed E-state index contributed by atoms with van der Waals surface area (Å²) in [4.78, 5) is 15.7. The van der Waals surface area contributed by atoms with Gasteiger partial charge in [0, 0.05) is 22.3 Å². The van der Waals surface area contributed by atoms with Gasteiger partial charge in [0.25, 0.3) is 0 Å². The van der Waals surface area contributed by atoms with Crippen molar-refractivity contribution in [2.75, 3.05) is 31.1 Å². The standard InChI is InChI=1S/C21H21ClN2O3/c1-14-9-18(25)21-15(11-20(26)27-19(21)10-14)13-23-5-7-24(8-6-23)17-4-2-3-16(22)12-17/h2-4,9-12,25H,5-8,13H2,1H3/p+1. The lowest BCUT2D eigenvalue weighted by atomic mass is 10.1. The minimum atomic E-state index is -0.375. The van der Waals surface area contributed by atoms with Crippen LogP contribution < -0.4 is 15.4 Å². The predicted octanol–water partition coefficient (Wildman–Crippen LogP) is 2.37. The summed E-state index contributed by atoms with van der Waals surface area (Å²) in [6, 6.07) is 12.9. The Bertz CT molecular complexity index is 1040. The Morgan fingerprint density at radius 3 is 2.70 bits per heavy atom. The smallest absolute Gasteiger partial charge is 0.336 e. The molecule has 27 heavy (non-hydrogen) atoms. The number of aryl methyl sites for hydroxylation is 1. The molecule has 0 amide bonds. The average Bonchev–Trinajstić information content (AvgIpc) is 2.61. The van der Waals surface area contributed by atoms with Gasteiger partial charge in [0.05, 0.1) is 31.6 Å². The minimum absolute atomic E-state index is 0.167. The summed E-state index contributed by atoms with van der Waals surface area (Å²) in [5.74, 6) is 0.167. The summed E-state index contributed by atoms with van der Waals surface area (Å²) in [6.07, 6.45) is 0. The second-order valence-electron chi connectivity index (χ2n) is 7.14. The third-order valence-corrected chi connectivity index (χ3v) is 5.37. The first-order valence-electron chi connectivity index (χ1n) is 9.10. The number of hydrogen-bond donors (Lipinski definition) is 2. The number of phenols is 1. The van der Waals surface area contributed by atoms with Crippen LogP contribution in [0.5, 0.6) is 5.75 Å². The van der Waals surface area contributed by atoms with E-state index >= 15 is 0 Å². The molecule has 0 spiro atoms. The first-order chi connectivity index (χ1) is 13.0. The van der Waals surface area contributed by atoms with E-state index in [1.807, 2.05) is 25.1 Å². The molecule has 3 aromatic rings. The van der Waals surface area contributed by atoms with E-state index in [0.717, 1.165) is 48.0 Å². The van der Waals surface area contributed by atoms with Crippen LogP contribution in [0.3, 0.4) is 0 Å². The molecule has 1 aliphatic heterocycles. The number of fused-ring (bicyclic) bond motifs is 1. The molecular formula is C21H22ClN2O3+. The highest BCUT2D eigenvalue weighted by Crippen LogP contribution is 2.28. The van der Waals surface area contributed by atoms with Crippen LogP contribution in [0.4, 0.5) is 5.69 Å². The van der Waals surface area contributed by atoms with Gasteiger partial charge in [0.1, 0.15) is 17.9 Å². The lowest BCUT2D eigenvalue weighted by molar-refractivity contribution is -0.914. The minimum Gasteiger partial charge on any atom is -0.507 e. The first-order valence-corrected chi connectivity index (χ1v) is 9.48. The molecule has 1 saturated heterocycles. The lowest BCUT2D eigenvalue weighted by Gasteiger charge is -2.33. The Balaban J connectivity index is 1.53. The number of halogens is 1. The van der Waals surface area contributed by atoms with Crippen LogP contribution >= 0.6 is 11.6 Å². The Morgan fingerprint density at radius 2 is 1.96 bits per heavy atom. The fourth-order valence-corrected chi connectivity index (χ4v) is 4.01. The molecule has 0 saturated carbocycles. The van der Waals surface area contributed by atoms with Gasteiger partial charge >= 0.3 is 5.63 Å². The number of hydrogen-bond acceptors (Lipinski definition) is 4. The van der Waals surface area contributed by atoms with Crippen molar-refractivity contribution >= 4 is 28.3 Å². The molecule has 0 radical (unpaired) electrons. The molecule has 0 aliphatic carbocycles. The molecular weight excluding hydrogens is 364 g/mol. The maximum atomic E-state index is 12.0. The van der Waals surface area contributed by atoms with Crippen LogP contribution in [-0.2, 0) is 6.54 Å². The predicted molar refractivity (Wildman–Crippen MR) is 107 cm³/mol. The van der Waals surface area contributed by atoms with Crippen LogP contribution in [0.25, 0.3) is 11.0 Å². The number of quaternary nitrogens is 1. The Hall–Kier alpha value is -2.50. The van der Waals surface area contributed by atoms with Crippen LogP contribution in [-0.4, -0.2) is 31.3 Å². The summed E-state index contributed by atoms with van der Waals surface area (Å²) < 4.78 is 5.29. The van der Waals surface area contributed by atoms with Gasteiger partial charge < -0.3 is 19.3 Å². The zero-order valence-corrected chi connectivity index (χ0v) is 15.9. The van der Waals surface area contributed by atoms with E-state index in [1.54, 1.807) is 12.1 Å². The zero-order chi connectivity index (χ0) is 19.0. The number of rotatable bonds is 3. The number of nitrogens with one attached hydrogen (secondary N) is 1. The highest BCUT2D eigenvalue weighted by atomic mass is 35.5. The fourth-order valence-electron chi connectivity index (χ4n) is 3.83. The molecule has 1 aromatic heterocycles. The second kappa shape index (κ2) is 7.25. The van der Waals surface area contributed by atoms with Gasteiger partial charge in [-0.15, -0.1) is 0 Å².